The van der Waals surface area contributed by atoms with Crippen LogP contribution in [0.1, 0.15) is 25.5 Å². The van der Waals surface area contributed by atoms with Gasteiger partial charge in [0.1, 0.15) is 6.10 Å². The second kappa shape index (κ2) is 5.36. The number of rotatable bonds is 4. The first kappa shape index (κ1) is 11.5. The number of esters is 1. The van der Waals surface area contributed by atoms with Gasteiger partial charge in [-0.25, -0.2) is 4.79 Å². The molecule has 1 heterocycles. The summed E-state index contributed by atoms with van der Waals surface area (Å²) in [5, 5.41) is 9.84. The molecule has 0 saturated carbocycles. The van der Waals surface area contributed by atoms with Gasteiger partial charge in [-0.2, -0.15) is 0 Å². The molecule has 1 N–H and O–H groups in total. The molecule has 1 unspecified atom stereocenters. The van der Waals surface area contributed by atoms with Crippen LogP contribution in [0.25, 0.3) is 0 Å². The molecule has 0 aliphatic heterocycles. The number of hydrogen-bond donors (Lipinski definition) is 1. The molecule has 0 amide bonds. The molecule has 0 spiro atoms. The Bertz CT molecular complexity index is 337. The highest BCUT2D eigenvalue weighted by Gasteiger charge is 2.21. The quantitative estimate of drug-likeness (QED) is 0.608. The maximum Gasteiger partial charge on any atom is 0.336 e. The summed E-state index contributed by atoms with van der Waals surface area (Å²) < 4.78 is 9.65. The summed E-state index contributed by atoms with van der Waals surface area (Å²) in [5.74, 6) is -0.506. The summed E-state index contributed by atoms with van der Waals surface area (Å²) in [7, 11) is 0. The predicted molar refractivity (Wildman–Crippen MR) is 54.1 cm³/mol. The largest absolute Gasteiger partial charge is 0.472 e. The summed E-state index contributed by atoms with van der Waals surface area (Å²) in [5.41, 5.74) is 0.759. The Kier molecular flexibility index (Phi) is 4.12. The van der Waals surface area contributed by atoms with Crippen LogP contribution in [-0.2, 0) is 9.53 Å². The van der Waals surface area contributed by atoms with Crippen molar-refractivity contribution < 1.29 is 19.1 Å². The van der Waals surface area contributed by atoms with Gasteiger partial charge in [0.25, 0.3) is 0 Å². The van der Waals surface area contributed by atoms with Gasteiger partial charge in [-0.15, -0.1) is 0 Å². The molecule has 1 atom stereocenters. The lowest BCUT2D eigenvalue weighted by Gasteiger charge is -2.11. The molecule has 0 saturated heterocycles. The number of allylic oxidation sites excluding steroid dienone is 1. The Morgan fingerprint density at radius 1 is 1.73 bits per heavy atom. The van der Waals surface area contributed by atoms with Crippen molar-refractivity contribution in [3.8, 4) is 0 Å². The second-order valence-electron chi connectivity index (χ2n) is 2.92. The Hall–Kier alpha value is -1.55. The van der Waals surface area contributed by atoms with Gasteiger partial charge in [0.2, 0.25) is 0 Å². The van der Waals surface area contributed by atoms with Crippen LogP contribution in [0.3, 0.4) is 0 Å². The van der Waals surface area contributed by atoms with Gasteiger partial charge < -0.3 is 14.3 Å². The second-order valence-corrected chi connectivity index (χ2v) is 2.92. The molecule has 1 rings (SSSR count). The lowest BCUT2D eigenvalue weighted by atomic mass is 10.0. The molecule has 0 aliphatic rings. The first-order valence-corrected chi connectivity index (χ1v) is 4.74. The van der Waals surface area contributed by atoms with Crippen molar-refractivity contribution in [2.24, 2.45) is 0 Å². The van der Waals surface area contributed by atoms with E-state index in [4.69, 9.17) is 9.15 Å². The zero-order valence-corrected chi connectivity index (χ0v) is 8.77. The molecule has 82 valence electrons. The Labute approximate surface area is 88.2 Å². The first-order chi connectivity index (χ1) is 7.20. The van der Waals surface area contributed by atoms with E-state index in [9.17, 15) is 9.90 Å². The van der Waals surface area contributed by atoms with E-state index >= 15 is 0 Å². The minimum atomic E-state index is -0.993. The average Bonchev–Trinajstić information content (AvgIpc) is 2.71. The van der Waals surface area contributed by atoms with E-state index < -0.39 is 12.1 Å². The van der Waals surface area contributed by atoms with Gasteiger partial charge in [-0.3, -0.25) is 0 Å². The topological polar surface area (TPSA) is 59.7 Å². The number of carbonyl (C=O) groups is 1. The molecule has 1 aromatic rings. The number of hydrogen-bond acceptors (Lipinski definition) is 4. The molecule has 4 nitrogen and oxygen atoms in total. The van der Waals surface area contributed by atoms with Gasteiger partial charge >= 0.3 is 5.97 Å². The van der Waals surface area contributed by atoms with E-state index in [2.05, 4.69) is 0 Å². The zero-order chi connectivity index (χ0) is 11.3. The van der Waals surface area contributed by atoms with E-state index in [1.165, 1.54) is 18.6 Å². The van der Waals surface area contributed by atoms with Crippen LogP contribution in [0.15, 0.2) is 34.7 Å². The standard InChI is InChI=1S/C11H14O4/c1-3-9(11(13)15-4-2)10(12)8-5-6-14-7-8/h3,5-7,10,12H,4H2,1-2H3/b9-3+. The fourth-order valence-corrected chi connectivity index (χ4v) is 1.21. The molecule has 0 aromatic carbocycles. The lowest BCUT2D eigenvalue weighted by Crippen LogP contribution is -2.14. The minimum absolute atomic E-state index is 0.221. The molecular formula is C11H14O4. The highest BCUT2D eigenvalue weighted by Crippen LogP contribution is 2.22. The van der Waals surface area contributed by atoms with E-state index in [1.54, 1.807) is 19.9 Å². The Morgan fingerprint density at radius 3 is 2.93 bits per heavy atom. The van der Waals surface area contributed by atoms with Crippen molar-refractivity contribution in [2.75, 3.05) is 6.61 Å². The molecule has 4 heteroatoms. The van der Waals surface area contributed by atoms with Gasteiger partial charge in [-0.05, 0) is 19.9 Å². The van der Waals surface area contributed by atoms with Crippen molar-refractivity contribution in [2.45, 2.75) is 20.0 Å². The smallest absolute Gasteiger partial charge is 0.336 e. The summed E-state index contributed by atoms with van der Waals surface area (Å²) in [6, 6.07) is 1.60. The number of aliphatic hydroxyl groups excluding tert-OH is 1. The molecule has 0 bridgehead atoms. The van der Waals surface area contributed by atoms with Crippen molar-refractivity contribution in [1.82, 2.24) is 0 Å². The molecule has 0 radical (unpaired) electrons. The third-order valence-electron chi connectivity index (χ3n) is 1.98. The van der Waals surface area contributed by atoms with Crippen LogP contribution in [0.2, 0.25) is 0 Å². The first-order valence-electron chi connectivity index (χ1n) is 4.74. The summed E-state index contributed by atoms with van der Waals surface area (Å²) in [6.07, 6.45) is 3.38. The minimum Gasteiger partial charge on any atom is -0.472 e. The Morgan fingerprint density at radius 2 is 2.47 bits per heavy atom. The van der Waals surface area contributed by atoms with E-state index in [-0.39, 0.29) is 12.2 Å². The highest BCUT2D eigenvalue weighted by molar-refractivity contribution is 5.89. The van der Waals surface area contributed by atoms with E-state index in [1.807, 2.05) is 0 Å². The van der Waals surface area contributed by atoms with Gasteiger partial charge in [-0.1, -0.05) is 6.08 Å². The van der Waals surface area contributed by atoms with Crippen LogP contribution in [-0.4, -0.2) is 17.7 Å². The normalized spacial score (nSPS) is 13.7. The molecule has 1 aromatic heterocycles. The highest BCUT2D eigenvalue weighted by atomic mass is 16.5. The molecular weight excluding hydrogens is 196 g/mol. The summed E-state index contributed by atoms with van der Waals surface area (Å²) in [4.78, 5) is 11.4. The molecule has 0 fully saturated rings. The number of carbonyl (C=O) groups excluding carboxylic acids is 1. The van der Waals surface area contributed by atoms with Crippen LogP contribution < -0.4 is 0 Å². The van der Waals surface area contributed by atoms with Crippen molar-refractivity contribution in [3.63, 3.8) is 0 Å². The lowest BCUT2D eigenvalue weighted by molar-refractivity contribution is -0.139. The summed E-state index contributed by atoms with van der Waals surface area (Å²) >= 11 is 0. The average molecular weight is 210 g/mol. The molecule has 0 aliphatic carbocycles. The zero-order valence-electron chi connectivity index (χ0n) is 8.77. The molecule has 15 heavy (non-hydrogen) atoms. The van der Waals surface area contributed by atoms with Crippen LogP contribution in [0, 0.1) is 0 Å². The monoisotopic (exact) mass is 210 g/mol. The summed E-state index contributed by atoms with van der Waals surface area (Å²) in [6.45, 7) is 3.68. The SMILES string of the molecule is C/C=C(/C(=O)OCC)C(O)c1ccoc1. The van der Waals surface area contributed by atoms with Crippen molar-refractivity contribution in [1.29, 1.82) is 0 Å². The van der Waals surface area contributed by atoms with Gasteiger partial charge in [0.15, 0.2) is 0 Å². The number of furan rings is 1. The third-order valence-corrected chi connectivity index (χ3v) is 1.98. The van der Waals surface area contributed by atoms with Crippen LogP contribution in [0.4, 0.5) is 0 Å². The predicted octanol–water partition coefficient (Wildman–Crippen LogP) is 1.82. The van der Waals surface area contributed by atoms with Gasteiger partial charge in [0, 0.05) is 5.56 Å². The third kappa shape index (κ3) is 2.70. The van der Waals surface area contributed by atoms with Gasteiger partial charge in [0.05, 0.1) is 24.7 Å². The van der Waals surface area contributed by atoms with Crippen LogP contribution in [0.5, 0.6) is 0 Å². The Balaban J connectivity index is 2.80. The van der Waals surface area contributed by atoms with Crippen molar-refractivity contribution in [3.05, 3.63) is 35.8 Å². The maximum absolute atomic E-state index is 11.4. The van der Waals surface area contributed by atoms with Crippen LogP contribution >= 0.6 is 0 Å². The van der Waals surface area contributed by atoms with E-state index in [0.29, 0.717) is 5.56 Å². The maximum atomic E-state index is 11.4. The fourth-order valence-electron chi connectivity index (χ4n) is 1.21. The number of ether oxygens (including phenoxy) is 1. The fraction of sp³-hybridized carbons (Fsp3) is 0.364. The van der Waals surface area contributed by atoms with Crippen molar-refractivity contribution >= 4 is 5.97 Å². The number of aliphatic hydroxyl groups is 1. The van der Waals surface area contributed by atoms with E-state index in [0.717, 1.165) is 0 Å².